The summed E-state index contributed by atoms with van der Waals surface area (Å²) < 4.78 is 24.2. The quantitative estimate of drug-likeness (QED) is 0.516. The topological polar surface area (TPSA) is 85.3 Å². The van der Waals surface area contributed by atoms with E-state index in [0.717, 1.165) is 12.8 Å². The summed E-state index contributed by atoms with van der Waals surface area (Å²) in [5.41, 5.74) is 0.607. The summed E-state index contributed by atoms with van der Waals surface area (Å²) in [4.78, 5) is 36.6. The molecule has 0 spiro atoms. The third-order valence-electron chi connectivity index (χ3n) is 4.72. The molecule has 1 aliphatic rings. The number of ketones is 3. The van der Waals surface area contributed by atoms with E-state index in [0.29, 0.717) is 18.4 Å². The molecular weight excluding hydrogens is 376 g/mol. The van der Waals surface area contributed by atoms with Crippen LogP contribution in [0.4, 0.5) is 0 Å². The van der Waals surface area contributed by atoms with Crippen LogP contribution >= 0.6 is 11.6 Å². The van der Waals surface area contributed by atoms with Gasteiger partial charge in [0.15, 0.2) is 27.2 Å². The van der Waals surface area contributed by atoms with Gasteiger partial charge in [-0.05, 0) is 30.5 Å². The Morgan fingerprint density at radius 3 is 2.35 bits per heavy atom. The molecule has 0 N–H and O–H groups in total. The lowest BCUT2D eigenvalue weighted by molar-refractivity contribution is -0.133. The highest BCUT2D eigenvalue weighted by Crippen LogP contribution is 2.32. The average Bonchev–Trinajstić information content (AvgIpc) is 2.53. The number of unbranched alkanes of at least 4 members (excludes halogenated alkanes) is 1. The number of sulfone groups is 1. The zero-order valence-corrected chi connectivity index (χ0v) is 16.5. The monoisotopic (exact) mass is 398 g/mol. The fourth-order valence-corrected chi connectivity index (χ4v) is 4.82. The van der Waals surface area contributed by atoms with Crippen molar-refractivity contribution in [1.82, 2.24) is 0 Å². The van der Waals surface area contributed by atoms with E-state index in [-0.39, 0.29) is 35.0 Å². The van der Waals surface area contributed by atoms with Crippen molar-refractivity contribution in [3.63, 3.8) is 0 Å². The van der Waals surface area contributed by atoms with Gasteiger partial charge in [-0.3, -0.25) is 14.4 Å². The van der Waals surface area contributed by atoms with Crippen molar-refractivity contribution >= 4 is 38.8 Å². The predicted octanol–water partition coefficient (Wildman–Crippen LogP) is 3.74. The minimum atomic E-state index is -3.33. The molecule has 1 saturated carbocycles. The van der Waals surface area contributed by atoms with Crippen LogP contribution in [0.25, 0.3) is 0 Å². The lowest BCUT2D eigenvalue weighted by Crippen LogP contribution is -2.35. The first kappa shape index (κ1) is 20.8. The summed E-state index contributed by atoms with van der Waals surface area (Å²) >= 11 is 6.23. The van der Waals surface area contributed by atoms with Crippen molar-refractivity contribution < 1.29 is 22.8 Å². The zero-order chi connectivity index (χ0) is 19.5. The number of carbonyl (C=O) groups is 3. The SMILES string of the molecule is CCCCC(c1ccc(C(=O)C2C(=O)CCCC2=O)c(Cl)c1)S(C)(=O)=O. The first-order chi connectivity index (χ1) is 12.2. The molecule has 1 fully saturated rings. The smallest absolute Gasteiger partial charge is 0.182 e. The molecule has 1 aliphatic carbocycles. The van der Waals surface area contributed by atoms with E-state index in [1.165, 1.54) is 18.4 Å². The van der Waals surface area contributed by atoms with Crippen LogP contribution < -0.4 is 0 Å². The summed E-state index contributed by atoms with van der Waals surface area (Å²) in [5, 5.41) is -0.620. The standard InChI is InChI=1S/C19H23ClO5S/c1-3-4-8-17(26(2,24)25)12-9-10-13(14(20)11-12)19(23)18-15(21)6-5-7-16(18)22/h9-11,17-18H,3-8H2,1-2H3. The molecule has 1 aromatic carbocycles. The summed E-state index contributed by atoms with van der Waals surface area (Å²) in [6.07, 6.45) is 4.17. The second kappa shape index (κ2) is 8.44. The molecule has 0 heterocycles. The minimum Gasteiger partial charge on any atom is -0.298 e. The van der Waals surface area contributed by atoms with Gasteiger partial charge in [-0.2, -0.15) is 0 Å². The Labute approximate surface area is 159 Å². The molecule has 0 bridgehead atoms. The second-order valence-electron chi connectivity index (χ2n) is 6.78. The number of carbonyl (C=O) groups excluding carboxylic acids is 3. The van der Waals surface area contributed by atoms with E-state index >= 15 is 0 Å². The number of benzene rings is 1. The Hall–Kier alpha value is -1.53. The Morgan fingerprint density at radius 1 is 1.23 bits per heavy atom. The van der Waals surface area contributed by atoms with Crippen LogP contribution in [-0.4, -0.2) is 32.0 Å². The normalized spacial score (nSPS) is 17.3. The largest absolute Gasteiger partial charge is 0.298 e. The molecule has 1 aromatic rings. The van der Waals surface area contributed by atoms with E-state index in [4.69, 9.17) is 11.6 Å². The minimum absolute atomic E-state index is 0.0730. The predicted molar refractivity (Wildman–Crippen MR) is 100 cm³/mol. The lowest BCUT2D eigenvalue weighted by Gasteiger charge is -2.20. The van der Waals surface area contributed by atoms with Gasteiger partial charge in [0.05, 0.1) is 10.3 Å². The van der Waals surface area contributed by atoms with Gasteiger partial charge in [-0.15, -0.1) is 0 Å². The fraction of sp³-hybridized carbons (Fsp3) is 0.526. The van der Waals surface area contributed by atoms with Gasteiger partial charge in [0.25, 0.3) is 0 Å². The van der Waals surface area contributed by atoms with Crippen LogP contribution in [0.2, 0.25) is 5.02 Å². The summed E-state index contributed by atoms with van der Waals surface area (Å²) in [6, 6.07) is 4.45. The zero-order valence-electron chi connectivity index (χ0n) is 15.0. The molecule has 0 amide bonds. The summed E-state index contributed by atoms with van der Waals surface area (Å²) in [6.45, 7) is 1.98. The molecule has 7 heteroatoms. The van der Waals surface area contributed by atoms with Crippen molar-refractivity contribution in [2.45, 2.75) is 50.7 Å². The van der Waals surface area contributed by atoms with Crippen molar-refractivity contribution in [2.75, 3.05) is 6.26 Å². The van der Waals surface area contributed by atoms with Gasteiger partial charge >= 0.3 is 0 Å². The van der Waals surface area contributed by atoms with Gasteiger partial charge in [-0.1, -0.05) is 37.4 Å². The molecule has 0 saturated heterocycles. The van der Waals surface area contributed by atoms with Crippen molar-refractivity contribution in [2.24, 2.45) is 5.92 Å². The van der Waals surface area contributed by atoms with Gasteiger partial charge < -0.3 is 0 Å². The van der Waals surface area contributed by atoms with Crippen LogP contribution in [0.1, 0.15) is 66.6 Å². The van der Waals surface area contributed by atoms with Crippen LogP contribution in [0.3, 0.4) is 0 Å². The number of Topliss-reactive ketones (excluding diaryl/α,β-unsaturated/α-hetero) is 3. The van der Waals surface area contributed by atoms with Gasteiger partial charge in [0.1, 0.15) is 5.92 Å². The number of halogens is 1. The molecule has 0 aliphatic heterocycles. The van der Waals surface area contributed by atoms with Crippen molar-refractivity contribution in [3.8, 4) is 0 Å². The molecule has 0 radical (unpaired) electrons. The Morgan fingerprint density at radius 2 is 1.85 bits per heavy atom. The highest BCUT2D eigenvalue weighted by Gasteiger charge is 2.37. The second-order valence-corrected chi connectivity index (χ2v) is 9.42. The van der Waals surface area contributed by atoms with Gasteiger partial charge in [0, 0.05) is 24.7 Å². The third-order valence-corrected chi connectivity index (χ3v) is 6.57. The van der Waals surface area contributed by atoms with Crippen LogP contribution in [0.5, 0.6) is 0 Å². The lowest BCUT2D eigenvalue weighted by atomic mass is 9.81. The van der Waals surface area contributed by atoms with Crippen LogP contribution in [0.15, 0.2) is 18.2 Å². The van der Waals surface area contributed by atoms with Crippen molar-refractivity contribution in [3.05, 3.63) is 34.3 Å². The molecule has 142 valence electrons. The van der Waals surface area contributed by atoms with E-state index in [2.05, 4.69) is 0 Å². The molecule has 1 atom stereocenters. The fourth-order valence-electron chi connectivity index (χ4n) is 3.30. The molecule has 1 unspecified atom stereocenters. The Kier molecular flexibility index (Phi) is 6.74. The maximum atomic E-state index is 12.6. The third kappa shape index (κ3) is 4.60. The summed E-state index contributed by atoms with van der Waals surface area (Å²) in [7, 11) is -3.33. The van der Waals surface area contributed by atoms with E-state index in [1.54, 1.807) is 6.07 Å². The first-order valence-electron chi connectivity index (χ1n) is 8.74. The highest BCUT2D eigenvalue weighted by molar-refractivity contribution is 7.90. The number of hydrogen-bond acceptors (Lipinski definition) is 5. The van der Waals surface area contributed by atoms with Crippen molar-refractivity contribution in [1.29, 1.82) is 0 Å². The maximum absolute atomic E-state index is 12.6. The molecule has 2 rings (SSSR count). The maximum Gasteiger partial charge on any atom is 0.182 e. The molecular formula is C19H23ClO5S. The molecule has 5 nitrogen and oxygen atoms in total. The number of rotatable bonds is 7. The van der Waals surface area contributed by atoms with Gasteiger partial charge in [-0.25, -0.2) is 8.42 Å². The Balaban J connectivity index is 2.35. The number of hydrogen-bond donors (Lipinski definition) is 0. The van der Waals surface area contributed by atoms with Gasteiger partial charge in [0.2, 0.25) is 0 Å². The van der Waals surface area contributed by atoms with Crippen LogP contribution in [-0.2, 0) is 19.4 Å². The Bertz CT molecular complexity index is 812. The van der Waals surface area contributed by atoms with E-state index in [9.17, 15) is 22.8 Å². The molecule has 26 heavy (non-hydrogen) atoms. The van der Waals surface area contributed by atoms with E-state index in [1.807, 2.05) is 6.92 Å². The van der Waals surface area contributed by atoms with E-state index < -0.39 is 26.8 Å². The summed E-state index contributed by atoms with van der Waals surface area (Å²) in [5.74, 6) is -2.62. The highest BCUT2D eigenvalue weighted by atomic mass is 35.5. The van der Waals surface area contributed by atoms with Crippen LogP contribution in [0, 0.1) is 5.92 Å². The molecule has 0 aromatic heterocycles. The first-order valence-corrected chi connectivity index (χ1v) is 11.1. The average molecular weight is 399 g/mol.